The molecule has 0 spiro atoms. The maximum Gasteiger partial charge on any atom is 0.240 e. The Labute approximate surface area is 113 Å². The average Bonchev–Trinajstić information content (AvgIpc) is 2.53. The van der Waals surface area contributed by atoms with Crippen molar-refractivity contribution in [2.24, 2.45) is 0 Å². The van der Waals surface area contributed by atoms with Crippen molar-refractivity contribution in [2.75, 3.05) is 6.54 Å². The Morgan fingerprint density at radius 2 is 1.95 bits per heavy atom. The highest BCUT2D eigenvalue weighted by Gasteiger charge is 2.23. The Balaban J connectivity index is 2.12. The van der Waals surface area contributed by atoms with E-state index in [4.69, 9.17) is 0 Å². The number of nitrogens with one attached hydrogen (secondary N) is 2. The van der Waals surface area contributed by atoms with Gasteiger partial charge in [-0.2, -0.15) is 0 Å². The Kier molecular flexibility index (Phi) is 4.21. The largest absolute Gasteiger partial charge is 0.356 e. The third-order valence-corrected chi connectivity index (χ3v) is 4.67. The minimum absolute atomic E-state index is 0.103. The van der Waals surface area contributed by atoms with Gasteiger partial charge in [-0.15, -0.1) is 0 Å². The van der Waals surface area contributed by atoms with Crippen molar-refractivity contribution in [3.05, 3.63) is 29.8 Å². The van der Waals surface area contributed by atoms with E-state index in [2.05, 4.69) is 10.0 Å². The number of hydrogen-bond acceptors (Lipinski definition) is 3. The van der Waals surface area contributed by atoms with Crippen LogP contribution in [0, 0.1) is 6.92 Å². The maximum absolute atomic E-state index is 12.2. The number of carbonyl (C=O) groups is 1. The van der Waals surface area contributed by atoms with Crippen LogP contribution in [0.3, 0.4) is 0 Å². The van der Waals surface area contributed by atoms with Crippen LogP contribution < -0.4 is 10.0 Å². The van der Waals surface area contributed by atoms with E-state index in [0.29, 0.717) is 13.0 Å². The monoisotopic (exact) mass is 282 g/mol. The summed E-state index contributed by atoms with van der Waals surface area (Å²) in [4.78, 5) is 11.7. The van der Waals surface area contributed by atoms with Crippen molar-refractivity contribution in [1.82, 2.24) is 10.0 Å². The smallest absolute Gasteiger partial charge is 0.240 e. The zero-order valence-electron chi connectivity index (χ0n) is 10.8. The molecular weight excluding hydrogens is 264 g/mol. The fourth-order valence-corrected chi connectivity index (χ4v) is 3.35. The van der Waals surface area contributed by atoms with Crippen LogP contribution in [0.5, 0.6) is 0 Å². The van der Waals surface area contributed by atoms with E-state index in [0.717, 1.165) is 12.0 Å². The number of sulfonamides is 1. The summed E-state index contributed by atoms with van der Waals surface area (Å²) in [5.74, 6) is -0.103. The highest BCUT2D eigenvalue weighted by molar-refractivity contribution is 7.89. The first-order chi connectivity index (χ1) is 8.97. The normalized spacial score (nSPS) is 20.7. The van der Waals surface area contributed by atoms with Gasteiger partial charge in [0.2, 0.25) is 15.9 Å². The van der Waals surface area contributed by atoms with Crippen molar-refractivity contribution in [1.29, 1.82) is 0 Å². The lowest BCUT2D eigenvalue weighted by Crippen LogP contribution is -2.36. The van der Waals surface area contributed by atoms with Crippen LogP contribution >= 0.6 is 0 Å². The lowest BCUT2D eigenvalue weighted by Gasteiger charge is -2.15. The topological polar surface area (TPSA) is 75.3 Å². The second kappa shape index (κ2) is 5.71. The highest BCUT2D eigenvalue weighted by Crippen LogP contribution is 2.14. The first kappa shape index (κ1) is 14.0. The highest BCUT2D eigenvalue weighted by atomic mass is 32.2. The molecule has 2 rings (SSSR count). The van der Waals surface area contributed by atoms with Gasteiger partial charge in [-0.1, -0.05) is 17.7 Å². The third kappa shape index (κ3) is 3.78. The van der Waals surface area contributed by atoms with Gasteiger partial charge in [-0.25, -0.2) is 13.1 Å². The van der Waals surface area contributed by atoms with Crippen molar-refractivity contribution in [3.8, 4) is 0 Å². The second-order valence-electron chi connectivity index (χ2n) is 4.83. The molecule has 1 fully saturated rings. The van der Waals surface area contributed by atoms with Crippen LogP contribution in [0.15, 0.2) is 29.2 Å². The van der Waals surface area contributed by atoms with Gasteiger partial charge in [0.05, 0.1) is 4.90 Å². The molecule has 2 N–H and O–H groups in total. The first-order valence-corrected chi connectivity index (χ1v) is 7.81. The molecule has 1 aromatic carbocycles. The number of rotatable bonds is 3. The molecule has 19 heavy (non-hydrogen) atoms. The molecule has 104 valence electrons. The Bertz CT molecular complexity index is 552. The van der Waals surface area contributed by atoms with Gasteiger partial charge in [0.25, 0.3) is 0 Å². The third-order valence-electron chi connectivity index (χ3n) is 3.14. The van der Waals surface area contributed by atoms with E-state index in [1.54, 1.807) is 24.3 Å². The van der Waals surface area contributed by atoms with Crippen LogP contribution in [-0.2, 0) is 14.8 Å². The zero-order valence-corrected chi connectivity index (χ0v) is 11.7. The van der Waals surface area contributed by atoms with Crippen LogP contribution in [0.25, 0.3) is 0 Å². The summed E-state index contributed by atoms with van der Waals surface area (Å²) >= 11 is 0. The van der Waals surface area contributed by atoms with Crippen LogP contribution in [0.2, 0.25) is 0 Å². The molecule has 0 saturated carbocycles. The molecule has 5 nitrogen and oxygen atoms in total. The summed E-state index contributed by atoms with van der Waals surface area (Å²) in [6, 6.07) is 6.35. The number of benzene rings is 1. The Hall–Kier alpha value is -1.40. The summed E-state index contributed by atoms with van der Waals surface area (Å²) in [6.45, 7) is 2.51. The molecule has 0 aromatic heterocycles. The second-order valence-corrected chi connectivity index (χ2v) is 6.54. The van der Waals surface area contributed by atoms with Gasteiger partial charge in [-0.05, 0) is 31.9 Å². The van der Waals surface area contributed by atoms with Crippen LogP contribution in [-0.4, -0.2) is 26.9 Å². The molecule has 6 heteroatoms. The first-order valence-electron chi connectivity index (χ1n) is 6.33. The lowest BCUT2D eigenvalue weighted by atomic mass is 10.1. The number of aryl methyl sites for hydroxylation is 1. The minimum Gasteiger partial charge on any atom is -0.356 e. The fraction of sp³-hybridized carbons (Fsp3) is 0.462. The molecule has 1 aromatic rings. The van der Waals surface area contributed by atoms with Gasteiger partial charge in [0, 0.05) is 19.0 Å². The van der Waals surface area contributed by atoms with Crippen LogP contribution in [0.4, 0.5) is 0 Å². The summed E-state index contributed by atoms with van der Waals surface area (Å²) < 4.78 is 27.0. The molecule has 0 bridgehead atoms. The van der Waals surface area contributed by atoms with E-state index in [1.807, 2.05) is 6.92 Å². The SMILES string of the molecule is Cc1ccc(S(=O)(=O)NC2CCCNC(=O)C2)cc1. The van der Waals surface area contributed by atoms with Gasteiger partial charge >= 0.3 is 0 Å². The summed E-state index contributed by atoms with van der Waals surface area (Å²) in [7, 11) is -3.55. The van der Waals surface area contributed by atoms with E-state index in [9.17, 15) is 13.2 Å². The Morgan fingerprint density at radius 3 is 2.63 bits per heavy atom. The van der Waals surface area contributed by atoms with Gasteiger partial charge in [-0.3, -0.25) is 4.79 Å². The Morgan fingerprint density at radius 1 is 1.26 bits per heavy atom. The van der Waals surface area contributed by atoms with Crippen molar-refractivity contribution >= 4 is 15.9 Å². The fourth-order valence-electron chi connectivity index (χ4n) is 2.08. The van der Waals surface area contributed by atoms with E-state index >= 15 is 0 Å². The molecule has 1 atom stereocenters. The molecule has 1 heterocycles. The summed E-state index contributed by atoms with van der Waals surface area (Å²) in [5, 5.41) is 2.73. The summed E-state index contributed by atoms with van der Waals surface area (Å²) in [5.41, 5.74) is 1.01. The minimum atomic E-state index is -3.55. The molecule has 0 radical (unpaired) electrons. The quantitative estimate of drug-likeness (QED) is 0.866. The van der Waals surface area contributed by atoms with Gasteiger partial charge in [0.15, 0.2) is 0 Å². The molecular formula is C13H18N2O3S. The molecule has 1 aliphatic heterocycles. The molecule has 0 aliphatic carbocycles. The predicted molar refractivity (Wildman–Crippen MR) is 72.1 cm³/mol. The zero-order chi connectivity index (χ0) is 13.9. The van der Waals surface area contributed by atoms with Crippen molar-refractivity contribution in [3.63, 3.8) is 0 Å². The van der Waals surface area contributed by atoms with Crippen molar-refractivity contribution < 1.29 is 13.2 Å². The predicted octanol–water partition coefficient (Wildman–Crippen LogP) is 0.942. The summed E-state index contributed by atoms with van der Waals surface area (Å²) in [6.07, 6.45) is 1.65. The van der Waals surface area contributed by atoms with Gasteiger partial charge < -0.3 is 5.32 Å². The van der Waals surface area contributed by atoms with E-state index < -0.39 is 10.0 Å². The van der Waals surface area contributed by atoms with Gasteiger partial charge in [0.1, 0.15) is 0 Å². The average molecular weight is 282 g/mol. The molecule has 1 unspecified atom stereocenters. The van der Waals surface area contributed by atoms with E-state index in [1.165, 1.54) is 0 Å². The molecule has 1 aliphatic rings. The van der Waals surface area contributed by atoms with Crippen molar-refractivity contribution in [2.45, 2.75) is 37.1 Å². The number of carbonyl (C=O) groups excluding carboxylic acids is 1. The number of amides is 1. The molecule has 1 amide bonds. The van der Waals surface area contributed by atoms with Crippen LogP contribution in [0.1, 0.15) is 24.8 Å². The lowest BCUT2D eigenvalue weighted by molar-refractivity contribution is -0.121. The maximum atomic E-state index is 12.2. The number of hydrogen-bond donors (Lipinski definition) is 2. The molecule has 1 saturated heterocycles. The van der Waals surface area contributed by atoms with E-state index in [-0.39, 0.29) is 23.3 Å². The standard InChI is InChI=1S/C13H18N2O3S/c1-10-4-6-12(7-5-10)19(17,18)15-11-3-2-8-14-13(16)9-11/h4-7,11,15H,2-3,8-9H2,1H3,(H,14,16).